The van der Waals surface area contributed by atoms with Crippen LogP contribution in [0.2, 0.25) is 0 Å². The summed E-state index contributed by atoms with van der Waals surface area (Å²) in [6, 6.07) is 0. The van der Waals surface area contributed by atoms with Gasteiger partial charge in [0, 0.05) is 21.1 Å². The molecule has 0 aromatic rings. The Bertz CT molecular complexity index is 199. The van der Waals surface area contributed by atoms with Gasteiger partial charge in [-0.3, -0.25) is 0 Å². The Kier molecular flexibility index (Phi) is 11.3. The maximum atomic E-state index is 8.35. The van der Waals surface area contributed by atoms with Gasteiger partial charge in [-0.25, -0.2) is 20.4 Å². The maximum Gasteiger partial charge on any atom is 0.231 e. The highest BCUT2D eigenvalue weighted by Crippen LogP contribution is 1.88. The number of isocyanates is 2. The summed E-state index contributed by atoms with van der Waals surface area (Å²) in [6.45, 7) is 0. The first kappa shape index (κ1) is 16.0. The maximum absolute atomic E-state index is 8.35. The van der Waals surface area contributed by atoms with Gasteiger partial charge < -0.3 is 0 Å². The summed E-state index contributed by atoms with van der Waals surface area (Å²) < 4.78 is 0. The molecule has 0 spiro atoms. The van der Waals surface area contributed by atoms with Crippen LogP contribution in [-0.2, 0) is 9.59 Å². The Morgan fingerprint density at radius 3 is 1.40 bits per heavy atom. The van der Waals surface area contributed by atoms with Gasteiger partial charge in [-0.05, 0) is 0 Å². The molecule has 0 aliphatic carbocycles. The van der Waals surface area contributed by atoms with Crippen LogP contribution in [0.5, 0.6) is 0 Å². The van der Waals surface area contributed by atoms with Crippen molar-refractivity contribution >= 4 is 12.2 Å². The van der Waals surface area contributed by atoms with E-state index in [9.17, 15) is 0 Å². The molecule has 0 atom stereocenters. The van der Waals surface area contributed by atoms with E-state index >= 15 is 0 Å². The highest BCUT2D eigenvalue weighted by Gasteiger charge is 2.14. The Morgan fingerprint density at radius 2 is 1.20 bits per heavy atom. The first-order chi connectivity index (χ1) is 7.04. The van der Waals surface area contributed by atoms with Crippen molar-refractivity contribution in [2.75, 3.05) is 21.1 Å². The predicted octanol–water partition coefficient (Wildman–Crippen LogP) is -2.14. The van der Waals surface area contributed by atoms with Gasteiger partial charge in [0.05, 0.1) is 0 Å². The molecule has 0 bridgehead atoms. The molecule has 0 unspecified atom stereocenters. The first-order valence-corrected chi connectivity index (χ1v) is 3.60. The third-order valence-corrected chi connectivity index (χ3v) is 1.30. The smallest absolute Gasteiger partial charge is 0.222 e. The van der Waals surface area contributed by atoms with E-state index in [4.69, 9.17) is 20.4 Å². The molecule has 1 fully saturated rings. The van der Waals surface area contributed by atoms with Crippen molar-refractivity contribution in [2.45, 2.75) is 0 Å². The summed E-state index contributed by atoms with van der Waals surface area (Å²) in [4.78, 5) is 16.7. The van der Waals surface area contributed by atoms with E-state index in [0.717, 1.165) is 12.2 Å². The molecule has 86 valence electrons. The van der Waals surface area contributed by atoms with Crippen LogP contribution in [0.4, 0.5) is 0 Å². The lowest BCUT2D eigenvalue weighted by atomic mass is 11.2. The van der Waals surface area contributed by atoms with Crippen molar-refractivity contribution in [2.24, 2.45) is 0 Å². The molecule has 5 N–H and O–H groups in total. The van der Waals surface area contributed by atoms with Gasteiger partial charge in [-0.15, -0.1) is 5.12 Å². The second kappa shape index (κ2) is 10.6. The summed E-state index contributed by atoms with van der Waals surface area (Å²) in [7, 11) is 5.70. The number of hydrogen-bond acceptors (Lipinski definition) is 10. The first-order valence-electron chi connectivity index (χ1n) is 3.60. The zero-order chi connectivity index (χ0) is 12.3. The van der Waals surface area contributed by atoms with E-state index in [1.54, 1.807) is 10.2 Å². The molecule has 10 nitrogen and oxygen atoms in total. The molecule has 1 aliphatic heterocycles. The fourth-order valence-corrected chi connectivity index (χ4v) is 0.533. The van der Waals surface area contributed by atoms with Crippen molar-refractivity contribution in [3.63, 3.8) is 0 Å². The summed E-state index contributed by atoms with van der Waals surface area (Å²) in [5.74, 6) is 0. The molecule has 0 radical (unpaired) electrons. The van der Waals surface area contributed by atoms with E-state index in [-0.39, 0.29) is 0 Å². The minimum Gasteiger partial charge on any atom is -0.222 e. The topological polar surface area (TPSA) is 128 Å². The van der Waals surface area contributed by atoms with Gasteiger partial charge in [-0.1, -0.05) is 0 Å². The lowest BCUT2D eigenvalue weighted by Crippen LogP contribution is -2.71. The minimum absolute atomic E-state index is 0.750. The van der Waals surface area contributed by atoms with E-state index in [2.05, 4.69) is 16.6 Å². The predicted molar refractivity (Wildman–Crippen MR) is 49.5 cm³/mol. The van der Waals surface area contributed by atoms with Crippen LogP contribution in [-0.4, -0.2) is 48.7 Å². The Balaban J connectivity index is 0. The van der Waals surface area contributed by atoms with Crippen molar-refractivity contribution in [3.05, 3.63) is 0 Å². The Morgan fingerprint density at radius 1 is 0.933 bits per heavy atom. The minimum atomic E-state index is 0.750. The lowest BCUT2D eigenvalue weighted by Gasteiger charge is -2.40. The average molecular weight is 218 g/mol. The molecule has 15 heavy (non-hydrogen) atoms. The Labute approximate surface area is 86.6 Å². The quantitative estimate of drug-likeness (QED) is 0.230. The normalized spacial score (nSPS) is 17.3. The SMILES string of the molecule is CN1NNNN(C)N1C.N=C=O.N=C=O. The van der Waals surface area contributed by atoms with E-state index in [0.29, 0.717) is 0 Å². The highest BCUT2D eigenvalue weighted by atomic mass is 16.1. The molecule has 0 aromatic carbocycles. The van der Waals surface area contributed by atoms with Crippen molar-refractivity contribution < 1.29 is 9.59 Å². The van der Waals surface area contributed by atoms with Crippen molar-refractivity contribution in [1.82, 2.24) is 32.0 Å². The zero-order valence-corrected chi connectivity index (χ0v) is 8.66. The zero-order valence-electron chi connectivity index (χ0n) is 8.66. The summed E-state index contributed by atoms with van der Waals surface area (Å²) in [6.07, 6.45) is 1.50. The number of hydrazine groups is 6. The number of carbonyl (C=O) groups excluding carboxylic acids is 2. The van der Waals surface area contributed by atoms with Crippen LogP contribution >= 0.6 is 0 Å². The van der Waals surface area contributed by atoms with Crippen molar-refractivity contribution in [1.29, 1.82) is 10.8 Å². The third kappa shape index (κ3) is 8.84. The van der Waals surface area contributed by atoms with Crippen LogP contribution in [0.25, 0.3) is 0 Å². The van der Waals surface area contributed by atoms with E-state index in [1.807, 2.05) is 26.3 Å². The second-order valence-electron chi connectivity index (χ2n) is 2.09. The van der Waals surface area contributed by atoms with Gasteiger partial charge >= 0.3 is 0 Å². The molecule has 0 amide bonds. The van der Waals surface area contributed by atoms with Crippen LogP contribution in [0.15, 0.2) is 0 Å². The molecule has 0 saturated carbocycles. The highest BCUT2D eigenvalue weighted by molar-refractivity contribution is 5.26. The molecule has 0 aromatic heterocycles. The molecule has 1 heterocycles. The second-order valence-corrected chi connectivity index (χ2v) is 2.09. The average Bonchev–Trinajstić information content (AvgIpc) is 2.17. The summed E-state index contributed by atoms with van der Waals surface area (Å²) in [5.41, 5.74) is 8.36. The fraction of sp³-hybridized carbons (Fsp3) is 0.600. The van der Waals surface area contributed by atoms with Crippen LogP contribution in [0.3, 0.4) is 0 Å². The number of nitrogens with zero attached hydrogens (tertiary/aromatic N) is 3. The van der Waals surface area contributed by atoms with E-state index < -0.39 is 0 Å². The molecule has 1 rings (SSSR count). The molecular formula is C5H14N8O2. The van der Waals surface area contributed by atoms with Gasteiger partial charge in [0.1, 0.15) is 0 Å². The molecular weight excluding hydrogens is 204 g/mol. The molecule has 1 saturated heterocycles. The summed E-state index contributed by atoms with van der Waals surface area (Å²) >= 11 is 0. The number of rotatable bonds is 0. The van der Waals surface area contributed by atoms with Crippen LogP contribution in [0.1, 0.15) is 0 Å². The number of hydrogen-bond donors (Lipinski definition) is 5. The van der Waals surface area contributed by atoms with E-state index in [1.165, 1.54) is 0 Å². The van der Waals surface area contributed by atoms with Crippen molar-refractivity contribution in [3.8, 4) is 0 Å². The number of nitrogens with one attached hydrogen (secondary N) is 5. The standard InChI is InChI=1S/C3H12N6.2CHNO/c1-7-5-4-6-8(2)9(7)3;2*2-1-3/h4-6H,1-3H3;2*2H. The third-order valence-electron chi connectivity index (χ3n) is 1.30. The largest absolute Gasteiger partial charge is 0.231 e. The molecule has 10 heteroatoms. The fourth-order valence-electron chi connectivity index (χ4n) is 0.533. The monoisotopic (exact) mass is 218 g/mol. The van der Waals surface area contributed by atoms with Gasteiger partial charge in [0.15, 0.2) is 0 Å². The van der Waals surface area contributed by atoms with Gasteiger partial charge in [-0.2, -0.15) is 26.8 Å². The lowest BCUT2D eigenvalue weighted by molar-refractivity contribution is -0.253. The van der Waals surface area contributed by atoms with Gasteiger partial charge in [0.25, 0.3) is 0 Å². The molecule has 1 aliphatic rings. The van der Waals surface area contributed by atoms with Crippen LogP contribution in [0, 0.1) is 10.8 Å². The Hall–Kier alpha value is -1.48. The summed E-state index contributed by atoms with van der Waals surface area (Å²) in [5, 5.41) is 16.2. The van der Waals surface area contributed by atoms with Gasteiger partial charge in [0.2, 0.25) is 12.2 Å². The van der Waals surface area contributed by atoms with Crippen LogP contribution < -0.4 is 16.6 Å².